The number of hydrogen-bond acceptors (Lipinski definition) is 4. The van der Waals surface area contributed by atoms with Crippen LogP contribution in [-0.4, -0.2) is 33.3 Å². The Labute approximate surface area is 181 Å². The Balaban J connectivity index is 1.51. The maximum Gasteiger partial charge on any atom is 0.251 e. The third kappa shape index (κ3) is 6.13. The van der Waals surface area contributed by atoms with Gasteiger partial charge in [0.2, 0.25) is 15.9 Å². The first-order valence-electron chi connectivity index (χ1n) is 10.1. The standard InChI is InChI=1S/C23H25N3O4S/c1-2-14-24-23(28)18-7-10-20(11-8-18)26-22(27)13-15-25-31(29,30)21-12-9-17-5-3-4-6-19(17)16-21/h3-12,16,25H,2,13-15H2,1H3,(H,24,28)(H,26,27). The molecule has 3 aromatic rings. The first kappa shape index (κ1) is 22.5. The minimum absolute atomic E-state index is 0.0223. The Hall–Kier alpha value is -3.23. The van der Waals surface area contributed by atoms with Gasteiger partial charge in [-0.1, -0.05) is 37.3 Å². The molecule has 0 fully saturated rings. The maximum atomic E-state index is 12.5. The maximum absolute atomic E-state index is 12.5. The van der Waals surface area contributed by atoms with Gasteiger partial charge in [-0.15, -0.1) is 0 Å². The van der Waals surface area contributed by atoms with E-state index in [4.69, 9.17) is 0 Å². The topological polar surface area (TPSA) is 104 Å². The van der Waals surface area contributed by atoms with Crippen LogP contribution >= 0.6 is 0 Å². The van der Waals surface area contributed by atoms with Crippen LogP contribution in [0.4, 0.5) is 5.69 Å². The molecule has 3 aromatic carbocycles. The van der Waals surface area contributed by atoms with E-state index in [2.05, 4.69) is 15.4 Å². The fourth-order valence-electron chi connectivity index (χ4n) is 2.99. The van der Waals surface area contributed by atoms with Gasteiger partial charge in [0.05, 0.1) is 4.90 Å². The number of benzene rings is 3. The average Bonchev–Trinajstić information content (AvgIpc) is 2.77. The molecule has 0 saturated heterocycles. The molecule has 0 aromatic heterocycles. The Kier molecular flexibility index (Phi) is 7.38. The molecule has 7 nitrogen and oxygen atoms in total. The summed E-state index contributed by atoms with van der Waals surface area (Å²) in [4.78, 5) is 24.2. The molecule has 162 valence electrons. The third-order valence-electron chi connectivity index (χ3n) is 4.64. The van der Waals surface area contributed by atoms with E-state index in [-0.39, 0.29) is 29.7 Å². The van der Waals surface area contributed by atoms with Crippen molar-refractivity contribution < 1.29 is 18.0 Å². The molecule has 3 rings (SSSR count). The van der Waals surface area contributed by atoms with Gasteiger partial charge in [-0.3, -0.25) is 9.59 Å². The second-order valence-electron chi connectivity index (χ2n) is 7.04. The van der Waals surface area contributed by atoms with Crippen LogP contribution in [0.2, 0.25) is 0 Å². The number of amides is 2. The molecule has 0 atom stereocenters. The largest absolute Gasteiger partial charge is 0.352 e. The molecule has 0 saturated carbocycles. The van der Waals surface area contributed by atoms with Crippen molar-refractivity contribution in [3.63, 3.8) is 0 Å². The van der Waals surface area contributed by atoms with E-state index in [1.54, 1.807) is 42.5 Å². The summed E-state index contributed by atoms with van der Waals surface area (Å²) in [6.07, 6.45) is 0.829. The molecular weight excluding hydrogens is 414 g/mol. The lowest BCUT2D eigenvalue weighted by molar-refractivity contribution is -0.116. The fraction of sp³-hybridized carbons (Fsp3) is 0.217. The summed E-state index contributed by atoms with van der Waals surface area (Å²) in [6.45, 7) is 2.55. The minimum Gasteiger partial charge on any atom is -0.352 e. The van der Waals surface area contributed by atoms with E-state index in [1.165, 1.54) is 0 Å². The number of fused-ring (bicyclic) bond motifs is 1. The lowest BCUT2D eigenvalue weighted by Crippen LogP contribution is -2.28. The normalized spacial score (nSPS) is 11.3. The second-order valence-corrected chi connectivity index (χ2v) is 8.81. The van der Waals surface area contributed by atoms with Crippen molar-refractivity contribution in [3.8, 4) is 0 Å². The van der Waals surface area contributed by atoms with Gasteiger partial charge in [0.15, 0.2) is 0 Å². The monoisotopic (exact) mass is 439 g/mol. The van der Waals surface area contributed by atoms with Crippen LogP contribution in [-0.2, 0) is 14.8 Å². The van der Waals surface area contributed by atoms with Crippen molar-refractivity contribution in [1.82, 2.24) is 10.0 Å². The van der Waals surface area contributed by atoms with Crippen molar-refractivity contribution in [1.29, 1.82) is 0 Å². The van der Waals surface area contributed by atoms with Crippen molar-refractivity contribution in [2.75, 3.05) is 18.4 Å². The van der Waals surface area contributed by atoms with Gasteiger partial charge in [0.25, 0.3) is 5.91 Å². The summed E-state index contributed by atoms with van der Waals surface area (Å²) in [5, 5.41) is 7.26. The molecule has 2 amide bonds. The average molecular weight is 440 g/mol. The quantitative estimate of drug-likeness (QED) is 0.476. The molecule has 3 N–H and O–H groups in total. The fourth-order valence-corrected chi connectivity index (χ4v) is 4.05. The van der Waals surface area contributed by atoms with Crippen LogP contribution in [0.3, 0.4) is 0 Å². The third-order valence-corrected chi connectivity index (χ3v) is 6.10. The smallest absolute Gasteiger partial charge is 0.251 e. The summed E-state index contributed by atoms with van der Waals surface area (Å²) in [7, 11) is -3.72. The number of carbonyl (C=O) groups is 2. The Bertz CT molecular complexity index is 1170. The van der Waals surface area contributed by atoms with E-state index in [0.717, 1.165) is 17.2 Å². The first-order valence-corrected chi connectivity index (χ1v) is 11.5. The van der Waals surface area contributed by atoms with Crippen molar-refractivity contribution >= 4 is 38.3 Å². The predicted octanol–water partition coefficient (Wildman–Crippen LogP) is 3.29. The molecular formula is C23H25N3O4S. The predicted molar refractivity (Wildman–Crippen MR) is 121 cm³/mol. The molecule has 0 heterocycles. The molecule has 0 bridgehead atoms. The van der Waals surface area contributed by atoms with E-state index < -0.39 is 10.0 Å². The molecule has 0 aliphatic rings. The minimum atomic E-state index is -3.72. The van der Waals surface area contributed by atoms with Crippen molar-refractivity contribution in [3.05, 3.63) is 72.3 Å². The summed E-state index contributed by atoms with van der Waals surface area (Å²) in [6, 6.07) is 18.9. The zero-order valence-electron chi connectivity index (χ0n) is 17.2. The van der Waals surface area contributed by atoms with Gasteiger partial charge in [0.1, 0.15) is 0 Å². The Morgan fingerprint density at radius 2 is 1.58 bits per heavy atom. The van der Waals surface area contributed by atoms with E-state index >= 15 is 0 Å². The zero-order chi connectivity index (χ0) is 22.3. The van der Waals surface area contributed by atoms with Crippen LogP contribution in [0.5, 0.6) is 0 Å². The van der Waals surface area contributed by atoms with Crippen LogP contribution in [0.15, 0.2) is 71.6 Å². The number of nitrogens with one attached hydrogen (secondary N) is 3. The Morgan fingerprint density at radius 1 is 0.871 bits per heavy atom. The summed E-state index contributed by atoms with van der Waals surface area (Å²) < 4.78 is 27.5. The van der Waals surface area contributed by atoms with Gasteiger partial charge in [-0.05, 0) is 53.6 Å². The highest BCUT2D eigenvalue weighted by Crippen LogP contribution is 2.18. The van der Waals surface area contributed by atoms with E-state index in [0.29, 0.717) is 17.8 Å². The number of anilines is 1. The second kappa shape index (κ2) is 10.2. The van der Waals surface area contributed by atoms with Crippen LogP contribution < -0.4 is 15.4 Å². The molecule has 0 radical (unpaired) electrons. The number of hydrogen-bond donors (Lipinski definition) is 3. The van der Waals surface area contributed by atoms with Crippen LogP contribution in [0, 0.1) is 0 Å². The molecule has 31 heavy (non-hydrogen) atoms. The summed E-state index contributed by atoms with van der Waals surface area (Å²) in [5.74, 6) is -0.493. The first-order chi connectivity index (χ1) is 14.9. The molecule has 0 aliphatic heterocycles. The van der Waals surface area contributed by atoms with E-state index in [9.17, 15) is 18.0 Å². The number of carbonyl (C=O) groups excluding carboxylic acids is 2. The molecule has 0 spiro atoms. The van der Waals surface area contributed by atoms with Crippen LogP contribution in [0.25, 0.3) is 10.8 Å². The molecule has 8 heteroatoms. The highest BCUT2D eigenvalue weighted by atomic mass is 32.2. The van der Waals surface area contributed by atoms with Gasteiger partial charge >= 0.3 is 0 Å². The number of sulfonamides is 1. The highest BCUT2D eigenvalue weighted by Gasteiger charge is 2.15. The van der Waals surface area contributed by atoms with Crippen molar-refractivity contribution in [2.24, 2.45) is 0 Å². The lowest BCUT2D eigenvalue weighted by atomic mass is 10.1. The summed E-state index contributed by atoms with van der Waals surface area (Å²) in [5.41, 5.74) is 1.05. The van der Waals surface area contributed by atoms with Gasteiger partial charge < -0.3 is 10.6 Å². The van der Waals surface area contributed by atoms with Gasteiger partial charge in [-0.25, -0.2) is 13.1 Å². The van der Waals surface area contributed by atoms with Gasteiger partial charge in [0, 0.05) is 30.8 Å². The Morgan fingerprint density at radius 3 is 2.29 bits per heavy atom. The summed E-state index contributed by atoms with van der Waals surface area (Å²) >= 11 is 0. The zero-order valence-corrected chi connectivity index (χ0v) is 18.0. The molecule has 0 aliphatic carbocycles. The van der Waals surface area contributed by atoms with Gasteiger partial charge in [-0.2, -0.15) is 0 Å². The van der Waals surface area contributed by atoms with Crippen molar-refractivity contribution in [2.45, 2.75) is 24.7 Å². The lowest BCUT2D eigenvalue weighted by Gasteiger charge is -2.09. The SMILES string of the molecule is CCCNC(=O)c1ccc(NC(=O)CCNS(=O)(=O)c2ccc3ccccc3c2)cc1. The molecule has 0 unspecified atom stereocenters. The highest BCUT2D eigenvalue weighted by molar-refractivity contribution is 7.89. The number of rotatable bonds is 9. The van der Waals surface area contributed by atoms with Crippen LogP contribution in [0.1, 0.15) is 30.1 Å². The van der Waals surface area contributed by atoms with E-state index in [1.807, 2.05) is 31.2 Å².